The molecule has 9 aromatic rings. The van der Waals surface area contributed by atoms with Crippen LogP contribution in [0.25, 0.3) is 137 Å². The first kappa shape index (κ1) is 70.8. The average molecular weight is 1460 g/mol. The summed E-state index contributed by atoms with van der Waals surface area (Å²) >= 11 is 0. The molecule has 0 fully saturated rings. The Morgan fingerprint density at radius 1 is 0.200 bits per heavy atom. The number of nitrogens with zero attached hydrogens (tertiary/aromatic N) is 4. The molecule has 6 aromatic carbocycles. The molecule has 0 radical (unpaired) electrons. The van der Waals surface area contributed by atoms with Crippen molar-refractivity contribution in [3.8, 4) is 119 Å². The third-order valence-corrected chi connectivity index (χ3v) is 17.3. The van der Waals surface area contributed by atoms with Crippen LogP contribution in [0.2, 0.25) is 0 Å². The van der Waals surface area contributed by atoms with Crippen LogP contribution in [0.5, 0.6) is 51.7 Å². The minimum Gasteiger partial charge on any atom is -0.496 e. The first-order valence-corrected chi connectivity index (χ1v) is 30.6. The van der Waals surface area contributed by atoms with Crippen LogP contribution in [0, 0.1) is 87.3 Å². The number of H-pyrrole nitrogens is 2. The van der Waals surface area contributed by atoms with Gasteiger partial charge in [0.1, 0.15) is 51.7 Å². The number of rotatable bonds is 15. The number of benzene rings is 6. The Morgan fingerprint density at radius 3 is 0.562 bits per heavy atom. The molecule has 0 spiro atoms. The molecule has 0 aliphatic carbocycles. The maximum atomic E-state index is 16.9. The van der Waals surface area contributed by atoms with Crippen LogP contribution in [-0.2, 0) is 0 Å². The molecule has 4 aliphatic heterocycles. The molecule has 13 rings (SSSR count). The van der Waals surface area contributed by atoms with Gasteiger partial charge in [-0.2, -0.15) is 0 Å². The van der Waals surface area contributed by atoms with Crippen molar-refractivity contribution in [1.82, 2.24) is 29.9 Å². The maximum absolute atomic E-state index is 16.9. The van der Waals surface area contributed by atoms with Gasteiger partial charge in [-0.15, -0.1) is 0 Å². The zero-order valence-corrected chi connectivity index (χ0v) is 55.5. The molecule has 536 valence electrons. The van der Waals surface area contributed by atoms with Crippen LogP contribution in [-0.4, -0.2) is 93.9 Å². The number of hydrogen-bond donors (Lipinski definition) is 2. The highest BCUT2D eigenvalue weighted by Crippen LogP contribution is 2.52. The van der Waals surface area contributed by atoms with Crippen LogP contribution in [0.3, 0.4) is 0 Å². The Hall–Kier alpha value is -12.6. The zero-order valence-electron chi connectivity index (χ0n) is 55.5. The van der Waals surface area contributed by atoms with Gasteiger partial charge in [0.05, 0.1) is 143 Å². The summed E-state index contributed by atoms with van der Waals surface area (Å²) in [6.07, 6.45) is 9.06. The van der Waals surface area contributed by atoms with Gasteiger partial charge >= 0.3 is 0 Å². The van der Waals surface area contributed by atoms with Gasteiger partial charge in [0.25, 0.3) is 0 Å². The number of methoxy groups -OCH3 is 9. The van der Waals surface area contributed by atoms with Gasteiger partial charge in [-0.25, -0.2) is 85.8 Å². The van der Waals surface area contributed by atoms with E-state index in [1.807, 2.05) is 0 Å². The Balaban J connectivity index is 1.34. The van der Waals surface area contributed by atoms with Crippen molar-refractivity contribution in [3.05, 3.63) is 193 Å². The Kier molecular flexibility index (Phi) is 18.6. The van der Waals surface area contributed by atoms with Crippen molar-refractivity contribution in [2.45, 2.75) is 0 Å². The molecule has 105 heavy (non-hydrogen) atoms. The van der Waals surface area contributed by atoms with E-state index in [2.05, 4.69) is 9.97 Å². The number of halogens is 15. The second-order valence-electron chi connectivity index (χ2n) is 22.7. The van der Waals surface area contributed by atoms with Crippen LogP contribution in [0.15, 0.2) is 60.7 Å². The molecular weight excluding hydrogens is 1410 g/mol. The zero-order chi connectivity index (χ0) is 75.0. The Morgan fingerprint density at radius 2 is 0.362 bits per heavy atom. The predicted octanol–water partition coefficient (Wildman–Crippen LogP) is 18.8. The number of aromatic nitrogens is 6. The number of fused-ring (bicyclic) bond motifs is 12. The second kappa shape index (κ2) is 27.6. The van der Waals surface area contributed by atoms with E-state index in [4.69, 9.17) is 62.6 Å². The summed E-state index contributed by atoms with van der Waals surface area (Å²) in [6, 6.07) is 12.9. The fourth-order valence-corrected chi connectivity index (χ4v) is 12.5. The summed E-state index contributed by atoms with van der Waals surface area (Å²) in [5.41, 5.74) is -13.5. The van der Waals surface area contributed by atoms with Crippen LogP contribution < -0.4 is 42.6 Å². The van der Waals surface area contributed by atoms with E-state index >= 15 is 65.9 Å². The summed E-state index contributed by atoms with van der Waals surface area (Å²) in [7, 11) is 11.2. The minimum atomic E-state index is -2.57. The fraction of sp³-hybridized carbons (Fsp3) is 0.120. The monoisotopic (exact) mass is 1460 g/mol. The Labute approximate surface area is 583 Å². The third kappa shape index (κ3) is 11.5. The summed E-state index contributed by atoms with van der Waals surface area (Å²) in [6.45, 7) is 0. The predicted molar refractivity (Wildman–Crippen MR) is 359 cm³/mol. The van der Waals surface area contributed by atoms with Gasteiger partial charge in [-0.3, -0.25) is 0 Å². The van der Waals surface area contributed by atoms with E-state index in [1.54, 1.807) is 0 Å². The summed E-state index contributed by atoms with van der Waals surface area (Å²) in [5, 5.41) is 0. The molecule has 7 heterocycles. The number of nitrogens with one attached hydrogen (secondary N) is 2. The number of hydrogen-bond acceptors (Lipinski definition) is 13. The van der Waals surface area contributed by atoms with Crippen LogP contribution in [0.4, 0.5) is 65.9 Å². The van der Waals surface area contributed by atoms with Gasteiger partial charge in [-0.1, -0.05) is 0 Å². The molecule has 2 N–H and O–H groups in total. The average Bonchev–Trinajstić information content (AvgIpc) is 1.63. The first-order chi connectivity index (χ1) is 50.4. The van der Waals surface area contributed by atoms with E-state index in [9.17, 15) is 0 Å². The van der Waals surface area contributed by atoms with E-state index < -0.39 is 154 Å². The quantitative estimate of drug-likeness (QED) is 0.0566. The molecule has 12 bridgehead atoms. The molecular formula is C75H47F15N6O9. The summed E-state index contributed by atoms with van der Waals surface area (Å²) in [4.78, 5) is 25.0. The van der Waals surface area contributed by atoms with Crippen LogP contribution >= 0.6 is 0 Å². The number of ether oxygens (including phenoxy) is 9. The lowest BCUT2D eigenvalue weighted by molar-refractivity contribution is 0.377. The van der Waals surface area contributed by atoms with Gasteiger partial charge in [0.2, 0.25) is 17.5 Å². The summed E-state index contributed by atoms with van der Waals surface area (Å²) < 4.78 is 295. The normalized spacial score (nSPS) is 12.0. The van der Waals surface area contributed by atoms with Crippen molar-refractivity contribution in [1.29, 1.82) is 0 Å². The molecule has 15 nitrogen and oxygen atoms in total. The number of aromatic amines is 2. The van der Waals surface area contributed by atoms with Crippen molar-refractivity contribution in [2.75, 3.05) is 64.0 Å². The topological polar surface area (TPSA) is 166 Å². The Bertz CT molecular complexity index is 5320. The van der Waals surface area contributed by atoms with E-state index in [0.717, 1.165) is 36.4 Å². The van der Waals surface area contributed by atoms with E-state index in [0.29, 0.717) is 0 Å². The van der Waals surface area contributed by atoms with Gasteiger partial charge in [0.15, 0.2) is 69.8 Å². The molecule has 3 aromatic heterocycles. The SMILES string of the molecule is COc1cc(OC)c(-c2c3nc(c(-c4c(F)c(F)c(F)c(F)c4F)c4ccc([nH]4)c(-c4c(OC)cc(OC)cc4OC)c4nc(c(-c5c(F)c(F)c(F)c(F)c5F)c5nc(c(-c6c(OC)cc(OC)cc6OC)c6ccc([nH]6)c(-c6c(F)c(F)c(F)c(F)c6F)c6nc2C=C6)C=C5)C=C4)C=C3)c(OC)c1. The molecule has 0 saturated carbocycles. The summed E-state index contributed by atoms with van der Waals surface area (Å²) in [5.74, 6) is -36.8. The lowest BCUT2D eigenvalue weighted by Gasteiger charge is -2.16. The van der Waals surface area contributed by atoms with Gasteiger partial charge in [-0.05, 0) is 72.9 Å². The lowest BCUT2D eigenvalue weighted by atomic mass is 9.99. The fourth-order valence-electron chi connectivity index (χ4n) is 12.5. The molecule has 4 aliphatic rings. The third-order valence-electron chi connectivity index (χ3n) is 17.3. The van der Waals surface area contributed by atoms with Crippen molar-refractivity contribution in [3.63, 3.8) is 0 Å². The second-order valence-corrected chi connectivity index (χ2v) is 22.7. The maximum Gasteiger partial charge on any atom is 0.200 e. The standard InChI is InChI=1S/C75H47F15N6O9/c1-97-28-22-43(100-4)55(44(23-28)101-5)49-31-10-16-37(91-31)52(58-61(76)67(82)73(88)68(83)62(58)77)39-18-12-33(93-39)50(56-45(102-6)24-29(98-2)25-46(56)103-7)35-14-20-41(95-35)54(60-65(80)71(86)75(90)72(87)66(60)81)42-21-15-36(96-42)51(57-47(104-8)26-30(99-3)27-48(57)105-9)34-13-19-40(94-34)53(38-17-11-32(49)92-38)59-63(78)69(84)74(89)70(85)64(59)79/h10-27,91,96H,1-9H3. The van der Waals surface area contributed by atoms with E-state index in [-0.39, 0.29) is 119 Å². The largest absolute Gasteiger partial charge is 0.496 e. The van der Waals surface area contributed by atoms with Gasteiger partial charge < -0.3 is 52.6 Å². The molecule has 0 saturated heterocycles. The van der Waals surface area contributed by atoms with Crippen molar-refractivity contribution in [2.24, 2.45) is 0 Å². The highest BCUT2D eigenvalue weighted by molar-refractivity contribution is 6.03. The van der Waals surface area contributed by atoms with Crippen molar-refractivity contribution >= 4 is 70.7 Å². The smallest absolute Gasteiger partial charge is 0.200 e. The highest BCUT2D eigenvalue weighted by atomic mass is 19.2. The van der Waals surface area contributed by atoms with Crippen molar-refractivity contribution < 1.29 is 108 Å². The van der Waals surface area contributed by atoms with Gasteiger partial charge in [0, 0.05) is 91.8 Å². The lowest BCUT2D eigenvalue weighted by Crippen LogP contribution is -2.06. The molecule has 0 amide bonds. The highest BCUT2D eigenvalue weighted by Gasteiger charge is 2.36. The molecule has 0 atom stereocenters. The van der Waals surface area contributed by atoms with E-state index in [1.165, 1.54) is 137 Å². The minimum absolute atomic E-state index is 0.0750. The molecule has 0 unspecified atom stereocenters. The molecule has 30 heteroatoms. The first-order valence-electron chi connectivity index (χ1n) is 30.6. The van der Waals surface area contributed by atoms with Crippen LogP contribution in [0.1, 0.15) is 45.6 Å².